The van der Waals surface area contributed by atoms with Crippen molar-refractivity contribution in [1.29, 1.82) is 0 Å². The molecule has 0 aliphatic carbocycles. The molecule has 0 aliphatic heterocycles. The van der Waals surface area contributed by atoms with E-state index in [1.165, 1.54) is 0 Å². The van der Waals surface area contributed by atoms with E-state index in [1.807, 2.05) is 24.3 Å². The number of nitrogens with one attached hydrogen (secondary N) is 1. The van der Waals surface area contributed by atoms with Gasteiger partial charge in [0.1, 0.15) is 5.75 Å². The van der Waals surface area contributed by atoms with Gasteiger partial charge in [-0.1, -0.05) is 36.9 Å². The summed E-state index contributed by atoms with van der Waals surface area (Å²) in [6, 6.07) is 14.6. The molecule has 1 N–H and O–H groups in total. The van der Waals surface area contributed by atoms with Crippen LogP contribution in [0.2, 0.25) is 0 Å². The maximum Gasteiger partial charge on any atom is 0.255 e. The van der Waals surface area contributed by atoms with E-state index in [4.69, 9.17) is 4.74 Å². The summed E-state index contributed by atoms with van der Waals surface area (Å²) in [5.41, 5.74) is 2.15. The number of hydrogen-bond acceptors (Lipinski definition) is 2. The molecular weight excluding hydrogens is 238 g/mol. The Morgan fingerprint density at radius 1 is 1.21 bits per heavy atom. The van der Waals surface area contributed by atoms with E-state index in [9.17, 15) is 4.79 Å². The molecule has 3 heteroatoms. The molecule has 0 radical (unpaired) electrons. The third kappa shape index (κ3) is 3.01. The molecule has 0 unspecified atom stereocenters. The Hall–Kier alpha value is -2.55. The van der Waals surface area contributed by atoms with E-state index < -0.39 is 0 Å². The molecule has 3 nitrogen and oxygen atoms in total. The van der Waals surface area contributed by atoms with Gasteiger partial charge < -0.3 is 10.1 Å². The second-order valence-corrected chi connectivity index (χ2v) is 3.98. The number of ether oxygens (including phenoxy) is 1. The quantitative estimate of drug-likeness (QED) is 0.904. The highest BCUT2D eigenvalue weighted by atomic mass is 16.5. The van der Waals surface area contributed by atoms with Gasteiger partial charge in [-0.25, -0.2) is 0 Å². The van der Waals surface area contributed by atoms with Crippen LogP contribution in [0, 0.1) is 0 Å². The van der Waals surface area contributed by atoms with E-state index in [0.29, 0.717) is 17.0 Å². The van der Waals surface area contributed by atoms with Crippen molar-refractivity contribution >= 4 is 17.7 Å². The van der Waals surface area contributed by atoms with E-state index in [1.54, 1.807) is 37.5 Å². The lowest BCUT2D eigenvalue weighted by Gasteiger charge is -2.10. The first kappa shape index (κ1) is 12.9. The zero-order valence-corrected chi connectivity index (χ0v) is 10.7. The van der Waals surface area contributed by atoms with Crippen LogP contribution < -0.4 is 10.1 Å². The van der Waals surface area contributed by atoms with Gasteiger partial charge in [0.25, 0.3) is 5.91 Å². The average Bonchev–Trinajstić information content (AvgIpc) is 2.47. The highest BCUT2D eigenvalue weighted by molar-refractivity contribution is 6.05. The van der Waals surface area contributed by atoms with Crippen molar-refractivity contribution in [3.63, 3.8) is 0 Å². The predicted octanol–water partition coefficient (Wildman–Crippen LogP) is 3.59. The number of carbonyl (C=O) groups excluding carboxylic acids is 1. The van der Waals surface area contributed by atoms with Crippen LogP contribution in [0.5, 0.6) is 5.75 Å². The molecule has 0 saturated carbocycles. The van der Waals surface area contributed by atoms with Crippen molar-refractivity contribution in [3.05, 3.63) is 66.2 Å². The van der Waals surface area contributed by atoms with Gasteiger partial charge in [0.05, 0.1) is 12.8 Å². The number of rotatable bonds is 4. The predicted molar refractivity (Wildman–Crippen MR) is 77.5 cm³/mol. The number of carbonyl (C=O) groups is 1. The van der Waals surface area contributed by atoms with Crippen molar-refractivity contribution in [2.45, 2.75) is 0 Å². The number of para-hydroxylation sites is 2. The van der Waals surface area contributed by atoms with Crippen LogP contribution in [-0.2, 0) is 0 Å². The standard InChI is InChI=1S/C16H15NO2/c1-3-12-7-6-8-13(11-12)16(18)17-14-9-4-5-10-15(14)19-2/h3-11H,1H2,2H3,(H,17,18). The highest BCUT2D eigenvalue weighted by Crippen LogP contribution is 2.23. The molecule has 96 valence electrons. The Kier molecular flexibility index (Phi) is 3.98. The van der Waals surface area contributed by atoms with Gasteiger partial charge in [0.15, 0.2) is 0 Å². The monoisotopic (exact) mass is 253 g/mol. The Balaban J connectivity index is 2.23. The molecule has 2 aromatic rings. The van der Waals surface area contributed by atoms with Crippen LogP contribution in [0.15, 0.2) is 55.1 Å². The molecule has 0 atom stereocenters. The first-order chi connectivity index (χ1) is 9.24. The van der Waals surface area contributed by atoms with Crippen LogP contribution >= 0.6 is 0 Å². The largest absolute Gasteiger partial charge is 0.495 e. The van der Waals surface area contributed by atoms with Crippen LogP contribution in [0.3, 0.4) is 0 Å². The maximum atomic E-state index is 12.1. The summed E-state index contributed by atoms with van der Waals surface area (Å²) in [6.07, 6.45) is 1.71. The topological polar surface area (TPSA) is 38.3 Å². The molecule has 0 bridgehead atoms. The third-order valence-electron chi connectivity index (χ3n) is 2.74. The van der Waals surface area contributed by atoms with Crippen molar-refractivity contribution in [2.75, 3.05) is 12.4 Å². The SMILES string of the molecule is C=Cc1cccc(C(=O)Nc2ccccc2OC)c1. The first-order valence-electron chi connectivity index (χ1n) is 5.91. The summed E-state index contributed by atoms with van der Waals surface area (Å²) in [4.78, 5) is 12.1. The zero-order chi connectivity index (χ0) is 13.7. The van der Waals surface area contributed by atoms with Gasteiger partial charge in [-0.2, -0.15) is 0 Å². The minimum absolute atomic E-state index is 0.173. The van der Waals surface area contributed by atoms with E-state index in [-0.39, 0.29) is 5.91 Å². The second-order valence-electron chi connectivity index (χ2n) is 3.98. The number of benzene rings is 2. The fourth-order valence-electron chi connectivity index (χ4n) is 1.75. The van der Waals surface area contributed by atoms with Crippen molar-refractivity contribution in [3.8, 4) is 5.75 Å². The Morgan fingerprint density at radius 3 is 2.74 bits per heavy atom. The molecular formula is C16H15NO2. The second kappa shape index (κ2) is 5.87. The zero-order valence-electron chi connectivity index (χ0n) is 10.7. The van der Waals surface area contributed by atoms with Crippen molar-refractivity contribution in [1.82, 2.24) is 0 Å². The molecule has 0 fully saturated rings. The van der Waals surface area contributed by atoms with Crippen LogP contribution in [0.25, 0.3) is 6.08 Å². The highest BCUT2D eigenvalue weighted by Gasteiger charge is 2.09. The normalized spacial score (nSPS) is 9.74. The number of anilines is 1. The molecule has 19 heavy (non-hydrogen) atoms. The molecule has 0 saturated heterocycles. The summed E-state index contributed by atoms with van der Waals surface area (Å²) >= 11 is 0. The summed E-state index contributed by atoms with van der Waals surface area (Å²) in [6.45, 7) is 3.69. The lowest BCUT2D eigenvalue weighted by molar-refractivity contribution is 0.102. The van der Waals surface area contributed by atoms with Gasteiger partial charge in [-0.15, -0.1) is 0 Å². The van der Waals surface area contributed by atoms with Crippen LogP contribution in [0.1, 0.15) is 15.9 Å². The van der Waals surface area contributed by atoms with E-state index >= 15 is 0 Å². The third-order valence-corrected chi connectivity index (χ3v) is 2.74. The average molecular weight is 253 g/mol. The molecule has 0 heterocycles. The van der Waals surface area contributed by atoms with Crippen molar-refractivity contribution in [2.24, 2.45) is 0 Å². The smallest absolute Gasteiger partial charge is 0.255 e. The number of amides is 1. The lowest BCUT2D eigenvalue weighted by Crippen LogP contribution is -2.12. The lowest BCUT2D eigenvalue weighted by atomic mass is 10.1. The fraction of sp³-hybridized carbons (Fsp3) is 0.0625. The molecule has 1 amide bonds. The molecule has 2 rings (SSSR count). The minimum atomic E-state index is -0.173. The summed E-state index contributed by atoms with van der Waals surface area (Å²) in [5, 5.41) is 2.83. The van der Waals surface area contributed by atoms with Crippen molar-refractivity contribution < 1.29 is 9.53 Å². The Bertz CT molecular complexity index is 605. The summed E-state index contributed by atoms with van der Waals surface area (Å²) in [7, 11) is 1.57. The van der Waals surface area contributed by atoms with Gasteiger partial charge in [-0.05, 0) is 29.8 Å². The van der Waals surface area contributed by atoms with Gasteiger partial charge in [0.2, 0.25) is 0 Å². The molecule has 0 aromatic heterocycles. The Labute approximate surface area is 112 Å². The van der Waals surface area contributed by atoms with Gasteiger partial charge >= 0.3 is 0 Å². The summed E-state index contributed by atoms with van der Waals surface area (Å²) < 4.78 is 5.20. The minimum Gasteiger partial charge on any atom is -0.495 e. The van der Waals surface area contributed by atoms with Gasteiger partial charge in [-0.3, -0.25) is 4.79 Å². The van der Waals surface area contributed by atoms with Gasteiger partial charge in [0, 0.05) is 5.56 Å². The van der Waals surface area contributed by atoms with Crippen LogP contribution in [0.4, 0.5) is 5.69 Å². The van der Waals surface area contributed by atoms with E-state index in [0.717, 1.165) is 5.56 Å². The summed E-state index contributed by atoms with van der Waals surface area (Å²) in [5.74, 6) is 0.462. The molecule has 0 spiro atoms. The van der Waals surface area contributed by atoms with E-state index in [2.05, 4.69) is 11.9 Å². The Morgan fingerprint density at radius 2 is 2.00 bits per heavy atom. The molecule has 0 aliphatic rings. The maximum absolute atomic E-state index is 12.1. The first-order valence-corrected chi connectivity index (χ1v) is 5.91. The number of hydrogen-bond donors (Lipinski definition) is 1. The molecule has 2 aromatic carbocycles. The van der Waals surface area contributed by atoms with Crippen LogP contribution in [-0.4, -0.2) is 13.0 Å². The fourth-order valence-corrected chi connectivity index (χ4v) is 1.75. The number of methoxy groups -OCH3 is 1.